The molecule has 2 heterocycles. The van der Waals surface area contributed by atoms with Crippen LogP contribution in [0.3, 0.4) is 0 Å². The molecular weight excluding hydrogens is 354 g/mol. The Morgan fingerprint density at radius 1 is 1.12 bits per heavy atom. The fourth-order valence-electron chi connectivity index (χ4n) is 2.51. The molecule has 0 fully saturated rings. The fraction of sp³-hybridized carbons (Fsp3) is 0.200. The highest BCUT2D eigenvalue weighted by molar-refractivity contribution is 7.92. The molecule has 0 atom stereocenters. The molecule has 0 aliphatic carbocycles. The zero-order valence-corrected chi connectivity index (χ0v) is 14.3. The number of nitrogens with one attached hydrogen (secondary N) is 2. The van der Waals surface area contributed by atoms with Crippen LogP contribution in [0.2, 0.25) is 0 Å². The number of H-pyrrole nitrogens is 1. The van der Waals surface area contributed by atoms with Gasteiger partial charge in [-0.3, -0.25) is 4.72 Å². The number of aryl methyl sites for hydroxylation is 2. The molecular formula is C15H14F2N4O3S. The van der Waals surface area contributed by atoms with Crippen LogP contribution in [0.5, 0.6) is 0 Å². The molecule has 3 aromatic rings. The molecule has 0 aliphatic rings. The summed E-state index contributed by atoms with van der Waals surface area (Å²) in [6.07, 6.45) is 0. The van der Waals surface area contributed by atoms with Crippen LogP contribution in [-0.4, -0.2) is 23.6 Å². The summed E-state index contributed by atoms with van der Waals surface area (Å²) in [6, 6.07) is 2.75. The minimum Gasteiger partial charge on any atom is -0.420 e. The Bertz CT molecular complexity index is 1060. The van der Waals surface area contributed by atoms with Gasteiger partial charge in [0.15, 0.2) is 11.6 Å². The van der Waals surface area contributed by atoms with Gasteiger partial charge in [-0.05, 0) is 26.0 Å². The molecule has 2 N–H and O–H groups in total. The van der Waals surface area contributed by atoms with Gasteiger partial charge in [0.05, 0.1) is 5.69 Å². The number of halogens is 2. The molecule has 0 bridgehead atoms. The molecule has 25 heavy (non-hydrogen) atoms. The Labute approximate surface area is 142 Å². The van der Waals surface area contributed by atoms with E-state index in [0.717, 1.165) is 18.2 Å². The quantitative estimate of drug-likeness (QED) is 0.737. The summed E-state index contributed by atoms with van der Waals surface area (Å²) < 4.78 is 59.2. The molecule has 10 heteroatoms. The normalized spacial score (nSPS) is 11.7. The van der Waals surface area contributed by atoms with Crippen molar-refractivity contribution in [3.63, 3.8) is 0 Å². The first-order valence-corrected chi connectivity index (χ1v) is 8.65. The van der Waals surface area contributed by atoms with Crippen LogP contribution in [-0.2, 0) is 10.0 Å². The average molecular weight is 368 g/mol. The lowest BCUT2D eigenvalue weighted by molar-refractivity contribution is 0.509. The van der Waals surface area contributed by atoms with E-state index in [9.17, 15) is 17.2 Å². The summed E-state index contributed by atoms with van der Waals surface area (Å²) in [5, 5.41) is 7.58. The number of aromatic nitrogens is 3. The summed E-state index contributed by atoms with van der Waals surface area (Å²) in [4.78, 5) is 2.88. The maximum absolute atomic E-state index is 13.3. The fourth-order valence-corrected chi connectivity index (χ4v) is 4.01. The topological polar surface area (TPSA) is 101 Å². The average Bonchev–Trinajstić information content (AvgIpc) is 3.06. The third kappa shape index (κ3) is 3.12. The highest BCUT2D eigenvalue weighted by Crippen LogP contribution is 2.31. The first-order valence-electron chi connectivity index (χ1n) is 7.16. The van der Waals surface area contributed by atoms with Crippen LogP contribution in [0, 0.1) is 32.4 Å². The van der Waals surface area contributed by atoms with E-state index in [1.807, 2.05) is 0 Å². The van der Waals surface area contributed by atoms with Gasteiger partial charge >= 0.3 is 0 Å². The van der Waals surface area contributed by atoms with Gasteiger partial charge in [-0.15, -0.1) is 10.2 Å². The van der Waals surface area contributed by atoms with E-state index in [0.29, 0.717) is 22.8 Å². The van der Waals surface area contributed by atoms with Crippen molar-refractivity contribution in [3.05, 3.63) is 47.0 Å². The van der Waals surface area contributed by atoms with Crippen molar-refractivity contribution in [2.45, 2.75) is 25.7 Å². The van der Waals surface area contributed by atoms with Crippen LogP contribution in [0.1, 0.15) is 17.1 Å². The van der Waals surface area contributed by atoms with Gasteiger partial charge in [0.1, 0.15) is 10.6 Å². The lowest BCUT2D eigenvalue weighted by atomic mass is 10.2. The van der Waals surface area contributed by atoms with E-state index in [4.69, 9.17) is 4.42 Å². The van der Waals surface area contributed by atoms with E-state index < -0.39 is 21.7 Å². The zero-order valence-electron chi connectivity index (χ0n) is 13.5. The monoisotopic (exact) mass is 368 g/mol. The van der Waals surface area contributed by atoms with Crippen molar-refractivity contribution in [2.24, 2.45) is 0 Å². The second kappa shape index (κ2) is 5.96. The molecule has 0 aliphatic heterocycles. The molecule has 0 saturated heterocycles. The van der Waals surface area contributed by atoms with Gasteiger partial charge in [-0.1, -0.05) is 0 Å². The highest BCUT2D eigenvalue weighted by atomic mass is 32.2. The van der Waals surface area contributed by atoms with Gasteiger partial charge < -0.3 is 9.40 Å². The molecule has 0 saturated carbocycles. The van der Waals surface area contributed by atoms with Crippen LogP contribution >= 0.6 is 0 Å². The number of rotatable bonds is 4. The van der Waals surface area contributed by atoms with Crippen LogP contribution < -0.4 is 4.72 Å². The Morgan fingerprint density at radius 3 is 2.44 bits per heavy atom. The minimum atomic E-state index is -4.04. The standard InChI is InChI=1S/C15H14F2N4O3S/c1-7-13(15-20-19-9(3)24-15)18-8(2)14(7)25(22,23)21-10-4-5-11(16)12(17)6-10/h4-6,18,21H,1-3H3. The predicted octanol–water partition coefficient (Wildman–Crippen LogP) is 3.07. The molecule has 7 nitrogen and oxygen atoms in total. The lowest BCUT2D eigenvalue weighted by Crippen LogP contribution is -2.14. The molecule has 2 aromatic heterocycles. The molecule has 3 rings (SSSR count). The number of aromatic amines is 1. The predicted molar refractivity (Wildman–Crippen MR) is 85.5 cm³/mol. The number of nitrogens with zero attached hydrogens (tertiary/aromatic N) is 2. The lowest BCUT2D eigenvalue weighted by Gasteiger charge is -2.09. The zero-order chi connectivity index (χ0) is 18.4. The van der Waals surface area contributed by atoms with E-state index in [1.54, 1.807) is 20.8 Å². The summed E-state index contributed by atoms with van der Waals surface area (Å²) in [6.45, 7) is 4.77. The summed E-state index contributed by atoms with van der Waals surface area (Å²) >= 11 is 0. The number of hydrogen-bond donors (Lipinski definition) is 2. The maximum Gasteiger partial charge on any atom is 0.264 e. The number of hydrogen-bond acceptors (Lipinski definition) is 5. The largest absolute Gasteiger partial charge is 0.420 e. The molecule has 0 radical (unpaired) electrons. The van der Waals surface area contributed by atoms with Crippen LogP contribution in [0.4, 0.5) is 14.5 Å². The van der Waals surface area contributed by atoms with Crippen LogP contribution in [0.15, 0.2) is 27.5 Å². The van der Waals surface area contributed by atoms with Crippen molar-refractivity contribution in [1.29, 1.82) is 0 Å². The first-order chi connectivity index (χ1) is 11.7. The summed E-state index contributed by atoms with van der Waals surface area (Å²) in [7, 11) is -4.04. The number of benzene rings is 1. The van der Waals surface area contributed by atoms with Crippen molar-refractivity contribution < 1.29 is 21.6 Å². The Kier molecular flexibility index (Phi) is 4.07. The molecule has 0 amide bonds. The highest BCUT2D eigenvalue weighted by Gasteiger charge is 2.26. The van der Waals surface area contributed by atoms with E-state index in [-0.39, 0.29) is 16.5 Å². The molecule has 0 spiro atoms. The van der Waals surface area contributed by atoms with Gasteiger partial charge in [0, 0.05) is 24.2 Å². The molecule has 132 valence electrons. The van der Waals surface area contributed by atoms with E-state index in [1.165, 1.54) is 0 Å². The van der Waals surface area contributed by atoms with Gasteiger partial charge in [0.25, 0.3) is 15.9 Å². The van der Waals surface area contributed by atoms with Crippen molar-refractivity contribution in [3.8, 4) is 11.6 Å². The Hall–Kier alpha value is -2.75. The van der Waals surface area contributed by atoms with Crippen molar-refractivity contribution >= 4 is 15.7 Å². The van der Waals surface area contributed by atoms with Crippen molar-refractivity contribution in [1.82, 2.24) is 15.2 Å². The second-order valence-corrected chi connectivity index (χ2v) is 7.06. The Balaban J connectivity index is 2.02. The van der Waals surface area contributed by atoms with Crippen molar-refractivity contribution in [2.75, 3.05) is 4.72 Å². The van der Waals surface area contributed by atoms with Crippen LogP contribution in [0.25, 0.3) is 11.6 Å². The summed E-state index contributed by atoms with van der Waals surface area (Å²) in [5.74, 6) is -1.71. The second-order valence-electron chi connectivity index (χ2n) is 5.44. The minimum absolute atomic E-state index is 0.0249. The van der Waals surface area contributed by atoms with E-state index in [2.05, 4.69) is 19.9 Å². The SMILES string of the molecule is Cc1nnc(-c2[nH]c(C)c(S(=O)(=O)Nc3ccc(F)c(F)c3)c2C)o1. The smallest absolute Gasteiger partial charge is 0.264 e. The Morgan fingerprint density at radius 2 is 1.84 bits per heavy atom. The van der Waals surface area contributed by atoms with E-state index >= 15 is 0 Å². The van der Waals surface area contributed by atoms with Gasteiger partial charge in [-0.25, -0.2) is 17.2 Å². The summed E-state index contributed by atoms with van der Waals surface area (Å²) in [5.41, 5.74) is 1.01. The molecule has 0 unspecified atom stereocenters. The van der Waals surface area contributed by atoms with Gasteiger partial charge in [-0.2, -0.15) is 0 Å². The third-order valence-corrected chi connectivity index (χ3v) is 5.20. The molecule has 1 aromatic carbocycles. The maximum atomic E-state index is 13.3. The first kappa shape index (κ1) is 17.1. The third-order valence-electron chi connectivity index (χ3n) is 3.55. The van der Waals surface area contributed by atoms with Gasteiger partial charge in [0.2, 0.25) is 5.89 Å². The number of sulfonamides is 1. The number of anilines is 1.